The molecule has 1 saturated carbocycles. The average molecular weight is 286 g/mol. The number of hydrogen-bond acceptors (Lipinski definition) is 3. The van der Waals surface area contributed by atoms with Crippen LogP contribution in [-0.4, -0.2) is 16.8 Å². The van der Waals surface area contributed by atoms with Crippen LogP contribution in [0.15, 0.2) is 41.1 Å². The smallest absolute Gasteiger partial charge is 0.227 e. The van der Waals surface area contributed by atoms with Gasteiger partial charge in [0.1, 0.15) is 0 Å². The van der Waals surface area contributed by atoms with Gasteiger partial charge in [-0.2, -0.15) is 11.3 Å². The first-order chi connectivity index (χ1) is 9.72. The van der Waals surface area contributed by atoms with Crippen molar-refractivity contribution < 1.29 is 4.79 Å². The summed E-state index contributed by atoms with van der Waals surface area (Å²) in [5, 5.41) is 4.17. The lowest BCUT2D eigenvalue weighted by atomic mass is 10.1. The van der Waals surface area contributed by atoms with Crippen molar-refractivity contribution in [1.29, 1.82) is 0 Å². The van der Waals surface area contributed by atoms with E-state index in [0.717, 1.165) is 24.9 Å². The molecule has 3 nitrogen and oxygen atoms in total. The Bertz CT molecular complexity index is 590. The van der Waals surface area contributed by atoms with E-state index >= 15 is 0 Å². The van der Waals surface area contributed by atoms with E-state index in [1.165, 1.54) is 5.56 Å². The van der Waals surface area contributed by atoms with E-state index in [1.54, 1.807) is 11.3 Å². The van der Waals surface area contributed by atoms with E-state index in [2.05, 4.69) is 16.8 Å². The third-order valence-corrected chi connectivity index (χ3v) is 4.28. The fourth-order valence-corrected chi connectivity index (χ4v) is 3.03. The number of benzene rings is 1. The van der Waals surface area contributed by atoms with Crippen LogP contribution in [0.2, 0.25) is 0 Å². The van der Waals surface area contributed by atoms with E-state index in [9.17, 15) is 4.79 Å². The zero-order chi connectivity index (χ0) is 13.9. The van der Waals surface area contributed by atoms with Gasteiger partial charge in [-0.3, -0.25) is 4.79 Å². The van der Waals surface area contributed by atoms with Crippen LogP contribution in [0.5, 0.6) is 0 Å². The van der Waals surface area contributed by atoms with Crippen molar-refractivity contribution in [2.24, 2.45) is 0 Å². The van der Waals surface area contributed by atoms with Crippen molar-refractivity contribution in [3.8, 4) is 0 Å². The molecule has 0 bridgehead atoms. The molecule has 2 aromatic rings. The number of carbonyl (C=O) groups is 1. The highest BCUT2D eigenvalue weighted by Crippen LogP contribution is 2.29. The number of hydrogen-bond donors (Lipinski definition) is 1. The fourth-order valence-electron chi connectivity index (χ4n) is 2.37. The van der Waals surface area contributed by atoms with E-state index in [1.807, 2.05) is 29.2 Å². The molecule has 0 unspecified atom stereocenters. The summed E-state index contributed by atoms with van der Waals surface area (Å²) in [6.07, 6.45) is 2.70. The SMILES string of the molecule is Nc1cccc(CC(=O)N(Cc2ccsc2)C2CC2)c1. The van der Waals surface area contributed by atoms with Crippen LogP contribution in [0.25, 0.3) is 0 Å². The minimum atomic E-state index is 0.198. The lowest BCUT2D eigenvalue weighted by molar-refractivity contribution is -0.131. The molecule has 104 valence electrons. The molecule has 2 N–H and O–H groups in total. The second kappa shape index (κ2) is 5.67. The lowest BCUT2D eigenvalue weighted by Gasteiger charge is -2.22. The molecule has 4 heteroatoms. The summed E-state index contributed by atoms with van der Waals surface area (Å²) in [5.74, 6) is 0.198. The van der Waals surface area contributed by atoms with Gasteiger partial charge in [0.25, 0.3) is 0 Å². The number of amides is 1. The van der Waals surface area contributed by atoms with Crippen LogP contribution in [0, 0.1) is 0 Å². The van der Waals surface area contributed by atoms with Gasteiger partial charge in [-0.1, -0.05) is 12.1 Å². The van der Waals surface area contributed by atoms with Crippen molar-refractivity contribution in [2.75, 3.05) is 5.73 Å². The minimum absolute atomic E-state index is 0.198. The van der Waals surface area contributed by atoms with E-state index in [-0.39, 0.29) is 5.91 Å². The normalized spacial score (nSPS) is 14.2. The van der Waals surface area contributed by atoms with Crippen molar-refractivity contribution in [1.82, 2.24) is 4.90 Å². The number of thiophene rings is 1. The van der Waals surface area contributed by atoms with Crippen molar-refractivity contribution in [2.45, 2.75) is 31.8 Å². The third kappa shape index (κ3) is 3.20. The van der Waals surface area contributed by atoms with E-state index in [0.29, 0.717) is 18.2 Å². The Morgan fingerprint density at radius 2 is 2.15 bits per heavy atom. The first kappa shape index (κ1) is 13.2. The largest absolute Gasteiger partial charge is 0.399 e. The average Bonchev–Trinajstić information content (AvgIpc) is 3.12. The molecule has 0 saturated heterocycles. The van der Waals surface area contributed by atoms with E-state index in [4.69, 9.17) is 5.73 Å². The van der Waals surface area contributed by atoms with Gasteiger partial charge >= 0.3 is 0 Å². The highest BCUT2D eigenvalue weighted by atomic mass is 32.1. The van der Waals surface area contributed by atoms with Crippen LogP contribution in [0.4, 0.5) is 5.69 Å². The van der Waals surface area contributed by atoms with Gasteiger partial charge in [-0.15, -0.1) is 0 Å². The second-order valence-electron chi connectivity index (χ2n) is 5.31. The second-order valence-corrected chi connectivity index (χ2v) is 6.09. The monoisotopic (exact) mass is 286 g/mol. The molecule has 1 heterocycles. The number of nitrogens with zero attached hydrogens (tertiary/aromatic N) is 1. The van der Waals surface area contributed by atoms with Crippen LogP contribution >= 0.6 is 11.3 Å². The summed E-state index contributed by atoms with van der Waals surface area (Å²) in [6, 6.07) is 10.1. The zero-order valence-corrected chi connectivity index (χ0v) is 12.1. The molecule has 20 heavy (non-hydrogen) atoms. The van der Waals surface area contributed by atoms with Gasteiger partial charge in [0, 0.05) is 18.3 Å². The molecule has 0 spiro atoms. The summed E-state index contributed by atoms with van der Waals surface area (Å²) in [6.45, 7) is 0.731. The molecule has 0 atom stereocenters. The predicted octanol–water partition coefficient (Wildman–Crippen LogP) is 3.06. The van der Waals surface area contributed by atoms with E-state index < -0.39 is 0 Å². The van der Waals surface area contributed by atoms with Gasteiger partial charge in [0.05, 0.1) is 6.42 Å². The molecule has 1 aromatic carbocycles. The standard InChI is InChI=1S/C16H18N2OS/c17-14-3-1-2-12(8-14)9-16(19)18(15-4-5-15)10-13-6-7-20-11-13/h1-3,6-8,11,15H,4-5,9-10,17H2. The van der Waals surface area contributed by atoms with Gasteiger partial charge in [0.15, 0.2) is 0 Å². The van der Waals surface area contributed by atoms with Crippen LogP contribution in [0.3, 0.4) is 0 Å². The molecule has 1 aliphatic carbocycles. The lowest BCUT2D eigenvalue weighted by Crippen LogP contribution is -2.33. The Labute approximate surface area is 123 Å². The number of anilines is 1. The summed E-state index contributed by atoms with van der Waals surface area (Å²) < 4.78 is 0. The summed E-state index contributed by atoms with van der Waals surface area (Å²) in [4.78, 5) is 14.5. The van der Waals surface area contributed by atoms with Crippen molar-refractivity contribution >= 4 is 22.9 Å². The maximum Gasteiger partial charge on any atom is 0.227 e. The minimum Gasteiger partial charge on any atom is -0.399 e. The Morgan fingerprint density at radius 1 is 1.30 bits per heavy atom. The number of nitrogens with two attached hydrogens (primary N) is 1. The maximum absolute atomic E-state index is 12.5. The van der Waals surface area contributed by atoms with Crippen molar-refractivity contribution in [3.05, 3.63) is 52.2 Å². The Balaban J connectivity index is 1.69. The molecule has 1 aliphatic rings. The summed E-state index contributed by atoms with van der Waals surface area (Å²) in [7, 11) is 0. The van der Waals surface area contributed by atoms with Gasteiger partial charge < -0.3 is 10.6 Å². The first-order valence-electron chi connectivity index (χ1n) is 6.87. The van der Waals surface area contributed by atoms with Crippen LogP contribution < -0.4 is 5.73 Å². The van der Waals surface area contributed by atoms with Gasteiger partial charge in [0.2, 0.25) is 5.91 Å². The molecule has 1 amide bonds. The Hall–Kier alpha value is -1.81. The molecule has 0 radical (unpaired) electrons. The topological polar surface area (TPSA) is 46.3 Å². The first-order valence-corrected chi connectivity index (χ1v) is 7.81. The van der Waals surface area contributed by atoms with Crippen molar-refractivity contribution in [3.63, 3.8) is 0 Å². The Morgan fingerprint density at radius 3 is 2.80 bits per heavy atom. The predicted molar refractivity (Wildman–Crippen MR) is 82.4 cm³/mol. The summed E-state index contributed by atoms with van der Waals surface area (Å²) >= 11 is 1.68. The highest BCUT2D eigenvalue weighted by Gasteiger charge is 2.32. The molecule has 1 fully saturated rings. The molecular formula is C16H18N2OS. The quantitative estimate of drug-likeness (QED) is 0.859. The highest BCUT2D eigenvalue weighted by molar-refractivity contribution is 7.07. The number of nitrogen functional groups attached to an aromatic ring is 1. The molecule has 1 aromatic heterocycles. The fraction of sp³-hybridized carbons (Fsp3) is 0.312. The number of carbonyl (C=O) groups excluding carboxylic acids is 1. The zero-order valence-electron chi connectivity index (χ0n) is 11.3. The molecule has 0 aliphatic heterocycles. The molecule has 3 rings (SSSR count). The van der Waals surface area contributed by atoms with Gasteiger partial charge in [-0.05, 0) is 52.9 Å². The number of rotatable bonds is 5. The summed E-state index contributed by atoms with van der Waals surface area (Å²) in [5.41, 5.74) is 8.70. The van der Waals surface area contributed by atoms with Gasteiger partial charge in [-0.25, -0.2) is 0 Å². The maximum atomic E-state index is 12.5. The Kier molecular flexibility index (Phi) is 3.74. The molecular weight excluding hydrogens is 268 g/mol. The van der Waals surface area contributed by atoms with Crippen LogP contribution in [0.1, 0.15) is 24.0 Å². The third-order valence-electron chi connectivity index (χ3n) is 3.55. The van der Waals surface area contributed by atoms with Crippen LogP contribution in [-0.2, 0) is 17.8 Å².